The zero-order chi connectivity index (χ0) is 16.7. The first-order valence-corrected chi connectivity index (χ1v) is 7.96. The Morgan fingerprint density at radius 2 is 1.96 bits per heavy atom. The lowest BCUT2D eigenvalue weighted by molar-refractivity contribution is -0.384. The smallest absolute Gasteiger partial charge is 0.269 e. The number of allylic oxidation sites excluding steroid dienone is 2. The SMILES string of the molecule is O=C(c1ccccc1)[C@@H]1Nc2ccc([N+](=O)[O-])cc2[C@@H]2C=CC[C@H]12. The third kappa shape index (κ3) is 2.29. The van der Waals surface area contributed by atoms with E-state index in [2.05, 4.69) is 17.5 Å². The van der Waals surface area contributed by atoms with Crippen molar-refractivity contribution in [1.82, 2.24) is 0 Å². The van der Waals surface area contributed by atoms with Gasteiger partial charge in [0.2, 0.25) is 0 Å². The lowest BCUT2D eigenvalue weighted by Crippen LogP contribution is -2.42. The fourth-order valence-electron chi connectivity index (χ4n) is 3.74. The largest absolute Gasteiger partial charge is 0.374 e. The summed E-state index contributed by atoms with van der Waals surface area (Å²) < 4.78 is 0. The van der Waals surface area contributed by atoms with E-state index in [0.717, 1.165) is 17.7 Å². The number of hydrogen-bond acceptors (Lipinski definition) is 4. The molecule has 2 aromatic rings. The Balaban J connectivity index is 1.73. The lowest BCUT2D eigenvalue weighted by Gasteiger charge is -2.36. The molecule has 0 amide bonds. The van der Waals surface area contributed by atoms with Gasteiger partial charge in [0.05, 0.1) is 11.0 Å². The van der Waals surface area contributed by atoms with Crippen LogP contribution in [0.15, 0.2) is 60.7 Å². The highest BCUT2D eigenvalue weighted by Crippen LogP contribution is 2.46. The molecule has 0 radical (unpaired) electrons. The van der Waals surface area contributed by atoms with E-state index in [4.69, 9.17) is 0 Å². The first-order valence-electron chi connectivity index (χ1n) is 7.96. The predicted molar refractivity (Wildman–Crippen MR) is 91.3 cm³/mol. The van der Waals surface area contributed by atoms with Crippen LogP contribution in [-0.4, -0.2) is 16.7 Å². The van der Waals surface area contributed by atoms with Crippen LogP contribution in [0.25, 0.3) is 0 Å². The van der Waals surface area contributed by atoms with Crippen molar-refractivity contribution < 1.29 is 9.72 Å². The molecule has 1 heterocycles. The summed E-state index contributed by atoms with van der Waals surface area (Å²) in [5.41, 5.74) is 2.48. The van der Waals surface area contributed by atoms with Gasteiger partial charge in [0.1, 0.15) is 0 Å². The predicted octanol–water partition coefficient (Wildman–Crippen LogP) is 3.93. The molecule has 0 fully saturated rings. The third-order valence-electron chi connectivity index (χ3n) is 4.90. The summed E-state index contributed by atoms with van der Waals surface area (Å²) in [4.78, 5) is 23.6. The van der Waals surface area contributed by atoms with Crippen molar-refractivity contribution in [2.24, 2.45) is 5.92 Å². The van der Waals surface area contributed by atoms with Crippen molar-refractivity contribution in [2.45, 2.75) is 18.4 Å². The first-order chi connectivity index (χ1) is 11.6. The molecule has 0 bridgehead atoms. The molecule has 120 valence electrons. The molecule has 2 aliphatic rings. The van der Waals surface area contributed by atoms with Crippen LogP contribution in [0.1, 0.15) is 28.3 Å². The second kappa shape index (κ2) is 5.60. The Morgan fingerprint density at radius 3 is 2.71 bits per heavy atom. The number of Topliss-reactive ketones (excluding diaryl/α,β-unsaturated/α-hetero) is 1. The highest BCUT2D eigenvalue weighted by molar-refractivity contribution is 6.02. The molecular formula is C19H16N2O3. The van der Waals surface area contributed by atoms with Crippen molar-refractivity contribution in [1.29, 1.82) is 0 Å². The minimum Gasteiger partial charge on any atom is -0.374 e. The average Bonchev–Trinajstić information content (AvgIpc) is 3.10. The molecule has 0 saturated heterocycles. The van der Waals surface area contributed by atoms with E-state index in [1.165, 1.54) is 6.07 Å². The molecule has 3 atom stereocenters. The fourth-order valence-corrected chi connectivity index (χ4v) is 3.74. The normalized spacial score (nSPS) is 23.9. The Bertz CT molecular complexity index is 845. The van der Waals surface area contributed by atoms with Crippen molar-refractivity contribution in [3.8, 4) is 0 Å². The minimum absolute atomic E-state index is 0.0406. The van der Waals surface area contributed by atoms with E-state index in [1.54, 1.807) is 12.1 Å². The summed E-state index contributed by atoms with van der Waals surface area (Å²) in [6.45, 7) is 0. The molecule has 2 aromatic carbocycles. The third-order valence-corrected chi connectivity index (χ3v) is 4.90. The average molecular weight is 320 g/mol. The molecular weight excluding hydrogens is 304 g/mol. The van der Waals surface area contributed by atoms with Gasteiger partial charge in [0.15, 0.2) is 5.78 Å². The maximum absolute atomic E-state index is 12.9. The summed E-state index contributed by atoms with van der Waals surface area (Å²) in [6.07, 6.45) is 4.93. The number of carbonyl (C=O) groups is 1. The van der Waals surface area contributed by atoms with Crippen LogP contribution in [0.2, 0.25) is 0 Å². The van der Waals surface area contributed by atoms with E-state index in [9.17, 15) is 14.9 Å². The minimum atomic E-state index is -0.380. The second-order valence-electron chi connectivity index (χ2n) is 6.23. The van der Waals surface area contributed by atoms with Crippen LogP contribution >= 0.6 is 0 Å². The van der Waals surface area contributed by atoms with Crippen LogP contribution in [0, 0.1) is 16.0 Å². The van der Waals surface area contributed by atoms with E-state index < -0.39 is 0 Å². The Hall–Kier alpha value is -2.95. The number of anilines is 1. The van der Waals surface area contributed by atoms with Crippen LogP contribution in [0.5, 0.6) is 0 Å². The summed E-state index contributed by atoms with van der Waals surface area (Å²) >= 11 is 0. The second-order valence-corrected chi connectivity index (χ2v) is 6.23. The van der Waals surface area contributed by atoms with E-state index >= 15 is 0 Å². The van der Waals surface area contributed by atoms with Gasteiger partial charge in [-0.1, -0.05) is 42.5 Å². The summed E-state index contributed by atoms with van der Waals surface area (Å²) in [5.74, 6) is 0.198. The highest BCUT2D eigenvalue weighted by Gasteiger charge is 2.41. The zero-order valence-electron chi connectivity index (χ0n) is 12.9. The number of rotatable bonds is 3. The zero-order valence-corrected chi connectivity index (χ0v) is 12.9. The van der Waals surface area contributed by atoms with Gasteiger partial charge in [-0.3, -0.25) is 14.9 Å². The molecule has 24 heavy (non-hydrogen) atoms. The van der Waals surface area contributed by atoms with Gasteiger partial charge in [-0.15, -0.1) is 0 Å². The molecule has 0 unspecified atom stereocenters. The van der Waals surface area contributed by atoms with Crippen molar-refractivity contribution in [3.05, 3.63) is 81.9 Å². The molecule has 5 heteroatoms. The van der Waals surface area contributed by atoms with Crippen LogP contribution < -0.4 is 5.32 Å². The van der Waals surface area contributed by atoms with Gasteiger partial charge in [-0.2, -0.15) is 0 Å². The molecule has 4 rings (SSSR count). The summed E-state index contributed by atoms with van der Waals surface area (Å²) in [5, 5.41) is 14.4. The number of nitrogens with one attached hydrogen (secondary N) is 1. The number of hydrogen-bond donors (Lipinski definition) is 1. The van der Waals surface area contributed by atoms with E-state index in [-0.39, 0.29) is 34.3 Å². The number of benzene rings is 2. The summed E-state index contributed by atoms with van der Waals surface area (Å²) in [6, 6.07) is 13.8. The van der Waals surface area contributed by atoms with E-state index in [0.29, 0.717) is 5.56 Å². The number of nitrogens with zero attached hydrogens (tertiary/aromatic N) is 1. The van der Waals surface area contributed by atoms with Crippen LogP contribution in [0.4, 0.5) is 11.4 Å². The molecule has 0 saturated carbocycles. The Morgan fingerprint density at radius 1 is 1.17 bits per heavy atom. The van der Waals surface area contributed by atoms with Gasteiger partial charge in [0, 0.05) is 35.2 Å². The number of non-ortho nitro benzene ring substituents is 1. The molecule has 1 N–H and O–H groups in total. The van der Waals surface area contributed by atoms with Crippen LogP contribution in [0.3, 0.4) is 0 Å². The van der Waals surface area contributed by atoms with Gasteiger partial charge < -0.3 is 5.32 Å². The molecule has 5 nitrogen and oxygen atoms in total. The van der Waals surface area contributed by atoms with Crippen molar-refractivity contribution in [2.75, 3.05) is 5.32 Å². The Kier molecular flexibility index (Phi) is 3.41. The van der Waals surface area contributed by atoms with Gasteiger partial charge >= 0.3 is 0 Å². The molecule has 0 aromatic heterocycles. The van der Waals surface area contributed by atoms with E-state index in [1.807, 2.05) is 30.3 Å². The van der Waals surface area contributed by atoms with Crippen LogP contribution in [-0.2, 0) is 0 Å². The van der Waals surface area contributed by atoms with Gasteiger partial charge in [-0.25, -0.2) is 0 Å². The lowest BCUT2D eigenvalue weighted by atomic mass is 9.77. The fraction of sp³-hybridized carbons (Fsp3) is 0.211. The highest BCUT2D eigenvalue weighted by atomic mass is 16.6. The standard InChI is InChI=1S/C19H16N2O3/c22-19(12-5-2-1-3-6-12)18-15-8-4-7-14(15)16-11-13(21(23)24)9-10-17(16)20-18/h1-7,9-11,14-15,18,20H,8H2/t14-,15+,18-/m1/s1. The number of nitro benzene ring substituents is 1. The first kappa shape index (κ1) is 14.6. The summed E-state index contributed by atoms with van der Waals surface area (Å²) in [7, 11) is 0. The maximum atomic E-state index is 12.9. The van der Waals surface area contributed by atoms with Gasteiger partial charge in [0.25, 0.3) is 5.69 Å². The number of fused-ring (bicyclic) bond motifs is 3. The number of nitro groups is 1. The Labute approximate surface area is 139 Å². The quantitative estimate of drug-likeness (QED) is 0.402. The number of ketones is 1. The molecule has 1 aliphatic heterocycles. The maximum Gasteiger partial charge on any atom is 0.269 e. The molecule has 0 spiro atoms. The molecule has 1 aliphatic carbocycles. The van der Waals surface area contributed by atoms with Crippen molar-refractivity contribution >= 4 is 17.2 Å². The van der Waals surface area contributed by atoms with Crippen molar-refractivity contribution in [3.63, 3.8) is 0 Å². The number of carbonyl (C=O) groups excluding carboxylic acids is 1. The monoisotopic (exact) mass is 320 g/mol. The topological polar surface area (TPSA) is 72.2 Å². The van der Waals surface area contributed by atoms with Gasteiger partial charge in [-0.05, 0) is 18.1 Å².